The molecule has 1 fully saturated rings. The minimum Gasteiger partial charge on any atom is -0.355 e. The van der Waals surface area contributed by atoms with Gasteiger partial charge >= 0.3 is 0 Å². The lowest BCUT2D eigenvalue weighted by atomic mass is 10.1. The van der Waals surface area contributed by atoms with Crippen molar-refractivity contribution in [1.82, 2.24) is 15.5 Å². The average Bonchev–Trinajstić information content (AvgIpc) is 2.64. The Morgan fingerprint density at radius 2 is 1.79 bits per heavy atom. The van der Waals surface area contributed by atoms with Crippen LogP contribution in [0.15, 0.2) is 36.4 Å². The minimum atomic E-state index is -0.193. The molecule has 1 aromatic carbocycles. The van der Waals surface area contributed by atoms with Crippen molar-refractivity contribution >= 4 is 23.3 Å². The number of carbonyl (C=O) groups excluding carboxylic acids is 1. The first-order valence-electron chi connectivity index (χ1n) is 8.34. The van der Waals surface area contributed by atoms with Gasteiger partial charge in [-0.15, -0.1) is 10.2 Å². The Morgan fingerprint density at radius 3 is 2.46 bits per heavy atom. The van der Waals surface area contributed by atoms with Crippen molar-refractivity contribution in [3.8, 4) is 0 Å². The van der Waals surface area contributed by atoms with E-state index in [2.05, 4.69) is 20.4 Å². The van der Waals surface area contributed by atoms with Gasteiger partial charge in [-0.3, -0.25) is 4.79 Å². The van der Waals surface area contributed by atoms with E-state index in [9.17, 15) is 4.79 Å². The third-order valence-electron chi connectivity index (χ3n) is 4.18. The van der Waals surface area contributed by atoms with Gasteiger partial charge in [0.05, 0.1) is 0 Å². The van der Waals surface area contributed by atoms with Crippen LogP contribution >= 0.6 is 11.6 Å². The number of hydrogen-bond acceptors (Lipinski definition) is 4. The second-order valence-electron chi connectivity index (χ2n) is 5.96. The Morgan fingerprint density at radius 1 is 1.04 bits per heavy atom. The Bertz CT molecular complexity index is 666. The molecule has 0 radical (unpaired) electrons. The molecule has 3 rings (SSSR count). The van der Waals surface area contributed by atoms with E-state index in [1.54, 1.807) is 6.07 Å². The Labute approximate surface area is 147 Å². The van der Waals surface area contributed by atoms with Crippen molar-refractivity contribution in [2.75, 3.05) is 24.5 Å². The topological polar surface area (TPSA) is 58.1 Å². The molecule has 1 aromatic heterocycles. The summed E-state index contributed by atoms with van der Waals surface area (Å²) >= 11 is 5.86. The van der Waals surface area contributed by atoms with E-state index in [-0.39, 0.29) is 5.91 Å². The summed E-state index contributed by atoms with van der Waals surface area (Å²) in [7, 11) is 0. The zero-order chi connectivity index (χ0) is 16.8. The molecule has 126 valence electrons. The standard InChI is InChI=1S/C18H21ClN4O/c19-15-6-4-14(5-7-15)10-11-20-18(24)16-8-9-17(22-21-16)23-12-2-1-3-13-23/h4-9H,1-3,10-13H2,(H,20,24). The maximum absolute atomic E-state index is 12.1. The van der Waals surface area contributed by atoms with Crippen LogP contribution in [0.5, 0.6) is 0 Å². The molecule has 1 N–H and O–H groups in total. The first kappa shape index (κ1) is 16.7. The summed E-state index contributed by atoms with van der Waals surface area (Å²) in [6.07, 6.45) is 4.41. The summed E-state index contributed by atoms with van der Waals surface area (Å²) in [5.41, 5.74) is 1.48. The number of hydrogen-bond donors (Lipinski definition) is 1. The summed E-state index contributed by atoms with van der Waals surface area (Å²) < 4.78 is 0. The SMILES string of the molecule is O=C(NCCc1ccc(Cl)cc1)c1ccc(N2CCCCC2)nn1. The Balaban J connectivity index is 1.50. The van der Waals surface area contributed by atoms with Crippen LogP contribution < -0.4 is 10.2 Å². The van der Waals surface area contributed by atoms with Crippen molar-refractivity contribution in [3.63, 3.8) is 0 Å². The smallest absolute Gasteiger partial charge is 0.271 e. The van der Waals surface area contributed by atoms with Gasteiger partial charge in [0.1, 0.15) is 0 Å². The molecule has 0 bridgehead atoms. The first-order valence-corrected chi connectivity index (χ1v) is 8.71. The summed E-state index contributed by atoms with van der Waals surface area (Å²) in [5.74, 6) is 0.661. The molecular weight excluding hydrogens is 324 g/mol. The van der Waals surface area contributed by atoms with Crippen LogP contribution in [0.25, 0.3) is 0 Å². The number of aromatic nitrogens is 2. The summed E-state index contributed by atoms with van der Waals surface area (Å²) in [6, 6.07) is 11.2. The van der Waals surface area contributed by atoms with Crippen LogP contribution in [0, 0.1) is 0 Å². The van der Waals surface area contributed by atoms with Gasteiger partial charge in [-0.05, 0) is 55.5 Å². The van der Waals surface area contributed by atoms with E-state index in [1.165, 1.54) is 19.3 Å². The van der Waals surface area contributed by atoms with Crippen molar-refractivity contribution in [2.45, 2.75) is 25.7 Å². The number of rotatable bonds is 5. The quantitative estimate of drug-likeness (QED) is 0.905. The van der Waals surface area contributed by atoms with Crippen LogP contribution in [0.4, 0.5) is 5.82 Å². The molecule has 1 saturated heterocycles. The molecule has 0 aliphatic carbocycles. The molecule has 24 heavy (non-hydrogen) atoms. The third-order valence-corrected chi connectivity index (χ3v) is 4.43. The van der Waals surface area contributed by atoms with Crippen molar-refractivity contribution < 1.29 is 4.79 Å². The third kappa shape index (κ3) is 4.45. The molecule has 6 heteroatoms. The van der Waals surface area contributed by atoms with E-state index in [1.807, 2.05) is 30.3 Å². The normalized spacial score (nSPS) is 14.5. The molecule has 2 heterocycles. The van der Waals surface area contributed by atoms with Gasteiger partial charge in [-0.25, -0.2) is 0 Å². The number of nitrogens with zero attached hydrogens (tertiary/aromatic N) is 3. The lowest BCUT2D eigenvalue weighted by Crippen LogP contribution is -2.31. The van der Waals surface area contributed by atoms with Gasteiger partial charge < -0.3 is 10.2 Å². The highest BCUT2D eigenvalue weighted by Gasteiger charge is 2.14. The molecular formula is C18H21ClN4O. The highest BCUT2D eigenvalue weighted by molar-refractivity contribution is 6.30. The number of halogens is 1. The maximum Gasteiger partial charge on any atom is 0.271 e. The van der Waals surface area contributed by atoms with E-state index < -0.39 is 0 Å². The van der Waals surface area contributed by atoms with E-state index in [4.69, 9.17) is 11.6 Å². The minimum absolute atomic E-state index is 0.193. The van der Waals surface area contributed by atoms with Crippen molar-refractivity contribution in [1.29, 1.82) is 0 Å². The van der Waals surface area contributed by atoms with Crippen molar-refractivity contribution in [2.24, 2.45) is 0 Å². The number of nitrogens with one attached hydrogen (secondary N) is 1. The summed E-state index contributed by atoms with van der Waals surface area (Å²) in [4.78, 5) is 14.3. The molecule has 0 atom stereocenters. The number of piperidine rings is 1. The van der Waals surface area contributed by atoms with Crippen LogP contribution in [0.3, 0.4) is 0 Å². The zero-order valence-corrected chi connectivity index (χ0v) is 14.3. The monoisotopic (exact) mass is 344 g/mol. The van der Waals surface area contributed by atoms with Crippen LogP contribution in [-0.4, -0.2) is 35.7 Å². The number of carbonyl (C=O) groups is 1. The number of anilines is 1. The van der Waals surface area contributed by atoms with Gasteiger partial charge in [-0.2, -0.15) is 0 Å². The van der Waals surface area contributed by atoms with E-state index in [0.717, 1.165) is 30.9 Å². The molecule has 1 aliphatic rings. The highest BCUT2D eigenvalue weighted by Crippen LogP contribution is 2.16. The fraction of sp³-hybridized carbons (Fsp3) is 0.389. The Hall–Kier alpha value is -2.14. The Kier molecular flexibility index (Phi) is 5.64. The fourth-order valence-electron chi connectivity index (χ4n) is 2.80. The number of benzene rings is 1. The van der Waals surface area contributed by atoms with Gasteiger partial charge in [0.2, 0.25) is 0 Å². The van der Waals surface area contributed by atoms with Gasteiger partial charge in [-0.1, -0.05) is 23.7 Å². The lowest BCUT2D eigenvalue weighted by Gasteiger charge is -2.27. The molecule has 1 amide bonds. The number of amides is 1. The first-order chi connectivity index (χ1) is 11.7. The average molecular weight is 345 g/mol. The predicted octanol–water partition coefficient (Wildman–Crippen LogP) is 3.09. The fourth-order valence-corrected chi connectivity index (χ4v) is 2.93. The lowest BCUT2D eigenvalue weighted by molar-refractivity contribution is 0.0948. The van der Waals surface area contributed by atoms with Crippen LogP contribution in [0.1, 0.15) is 35.3 Å². The second-order valence-corrected chi connectivity index (χ2v) is 6.39. The van der Waals surface area contributed by atoms with Gasteiger partial charge in [0.15, 0.2) is 11.5 Å². The van der Waals surface area contributed by atoms with Gasteiger partial charge in [0.25, 0.3) is 5.91 Å². The molecule has 0 spiro atoms. The van der Waals surface area contributed by atoms with Crippen molar-refractivity contribution in [3.05, 3.63) is 52.7 Å². The molecule has 2 aromatic rings. The largest absolute Gasteiger partial charge is 0.355 e. The highest BCUT2D eigenvalue weighted by atomic mass is 35.5. The summed E-state index contributed by atoms with van der Waals surface area (Å²) in [5, 5.41) is 11.9. The van der Waals surface area contributed by atoms with Gasteiger partial charge in [0, 0.05) is 24.7 Å². The van der Waals surface area contributed by atoms with E-state index in [0.29, 0.717) is 17.3 Å². The molecule has 1 aliphatic heterocycles. The van der Waals surface area contributed by atoms with Crippen LogP contribution in [-0.2, 0) is 6.42 Å². The second kappa shape index (κ2) is 8.11. The van der Waals surface area contributed by atoms with E-state index >= 15 is 0 Å². The zero-order valence-electron chi connectivity index (χ0n) is 13.5. The molecule has 0 unspecified atom stereocenters. The molecule has 5 nitrogen and oxygen atoms in total. The predicted molar refractivity (Wildman–Crippen MR) is 95.6 cm³/mol. The summed E-state index contributed by atoms with van der Waals surface area (Å²) in [6.45, 7) is 2.58. The molecule has 0 saturated carbocycles. The van der Waals surface area contributed by atoms with Crippen LogP contribution in [0.2, 0.25) is 5.02 Å². The maximum atomic E-state index is 12.1.